The van der Waals surface area contributed by atoms with E-state index in [0.717, 1.165) is 31.5 Å². The molecule has 1 unspecified atom stereocenters. The highest BCUT2D eigenvalue weighted by molar-refractivity contribution is 9.10. The zero-order valence-electron chi connectivity index (χ0n) is 11.0. The summed E-state index contributed by atoms with van der Waals surface area (Å²) in [6, 6.07) is 7.68. The molecule has 1 atom stereocenters. The molecule has 2 rings (SSSR count). The van der Waals surface area contributed by atoms with Crippen LogP contribution in [0.5, 0.6) is 5.75 Å². The summed E-state index contributed by atoms with van der Waals surface area (Å²) in [5.74, 6) is 0.782. The molecule has 0 aliphatic heterocycles. The first kappa shape index (κ1) is 16.1. The Balaban J connectivity index is 2.54. The second-order valence-electron chi connectivity index (χ2n) is 4.14. The van der Waals surface area contributed by atoms with Crippen molar-refractivity contribution in [2.45, 2.75) is 13.0 Å². The van der Waals surface area contributed by atoms with Gasteiger partial charge in [0.25, 0.3) is 0 Å². The third kappa shape index (κ3) is 3.49. The molecule has 2 aromatic rings. The van der Waals surface area contributed by atoms with Crippen molar-refractivity contribution in [1.29, 1.82) is 0 Å². The number of halogens is 3. The van der Waals surface area contributed by atoms with Crippen molar-refractivity contribution in [2.24, 2.45) is 0 Å². The molecular formula is C14H14BrCl2NOS. The molecule has 1 heterocycles. The Bertz CT molecular complexity index is 603. The normalized spacial score (nSPS) is 12.4. The second-order valence-corrected chi connectivity index (χ2v) is 7.18. The Hall–Kier alpha value is -0.260. The van der Waals surface area contributed by atoms with E-state index < -0.39 is 0 Å². The predicted molar refractivity (Wildman–Crippen MR) is 90.6 cm³/mol. The Morgan fingerprint density at radius 1 is 1.35 bits per heavy atom. The number of methoxy groups -OCH3 is 1. The zero-order chi connectivity index (χ0) is 14.7. The summed E-state index contributed by atoms with van der Waals surface area (Å²) in [4.78, 5) is 1.13. The number of hydrogen-bond acceptors (Lipinski definition) is 3. The van der Waals surface area contributed by atoms with E-state index in [0.29, 0.717) is 5.02 Å². The number of ether oxygens (including phenoxy) is 1. The molecule has 0 saturated heterocycles. The van der Waals surface area contributed by atoms with Gasteiger partial charge in [-0.15, -0.1) is 11.3 Å². The third-order valence-electron chi connectivity index (χ3n) is 2.84. The van der Waals surface area contributed by atoms with E-state index in [1.807, 2.05) is 24.3 Å². The number of thiophene rings is 1. The molecule has 0 aliphatic carbocycles. The predicted octanol–water partition coefficient (Wildman–Crippen LogP) is 5.52. The first-order chi connectivity index (χ1) is 9.56. The lowest BCUT2D eigenvalue weighted by molar-refractivity contribution is 0.402. The van der Waals surface area contributed by atoms with Gasteiger partial charge in [-0.2, -0.15) is 0 Å². The molecule has 0 fully saturated rings. The van der Waals surface area contributed by atoms with Crippen molar-refractivity contribution in [3.63, 3.8) is 0 Å². The average Bonchev–Trinajstić information content (AvgIpc) is 2.81. The second kappa shape index (κ2) is 7.14. The van der Waals surface area contributed by atoms with Gasteiger partial charge >= 0.3 is 0 Å². The van der Waals surface area contributed by atoms with E-state index in [9.17, 15) is 0 Å². The Morgan fingerprint density at radius 2 is 2.10 bits per heavy atom. The van der Waals surface area contributed by atoms with Gasteiger partial charge in [-0.25, -0.2) is 0 Å². The van der Waals surface area contributed by atoms with Crippen LogP contribution in [0.2, 0.25) is 9.36 Å². The molecule has 0 radical (unpaired) electrons. The topological polar surface area (TPSA) is 21.3 Å². The molecule has 20 heavy (non-hydrogen) atoms. The number of rotatable bonds is 5. The Labute approximate surface area is 141 Å². The number of nitrogens with one attached hydrogen (secondary N) is 1. The van der Waals surface area contributed by atoms with E-state index in [4.69, 9.17) is 27.9 Å². The average molecular weight is 395 g/mol. The van der Waals surface area contributed by atoms with Crippen LogP contribution in [-0.4, -0.2) is 13.7 Å². The minimum absolute atomic E-state index is 0.00227. The smallest absolute Gasteiger partial charge is 0.138 e. The van der Waals surface area contributed by atoms with Gasteiger partial charge in [0.1, 0.15) is 5.75 Å². The van der Waals surface area contributed by atoms with Gasteiger partial charge in [0.2, 0.25) is 0 Å². The van der Waals surface area contributed by atoms with Crippen LogP contribution in [0.15, 0.2) is 28.7 Å². The van der Waals surface area contributed by atoms with Crippen LogP contribution in [0.3, 0.4) is 0 Å². The van der Waals surface area contributed by atoms with Crippen molar-refractivity contribution < 1.29 is 4.74 Å². The number of benzene rings is 1. The first-order valence-corrected chi connectivity index (χ1v) is 8.45. The fraction of sp³-hybridized carbons (Fsp3) is 0.286. The molecule has 1 N–H and O–H groups in total. The zero-order valence-corrected chi connectivity index (χ0v) is 15.0. The summed E-state index contributed by atoms with van der Waals surface area (Å²) in [6.45, 7) is 2.89. The van der Waals surface area contributed by atoms with Crippen molar-refractivity contribution in [1.82, 2.24) is 5.32 Å². The standard InChI is InChI=1S/C14H14BrCl2NOS/c1-3-18-13(11-4-5-12(17)20-11)9-6-8(16)7-10(15)14(9)19-2/h4-7,13,18H,3H2,1-2H3. The highest BCUT2D eigenvalue weighted by Crippen LogP contribution is 2.40. The molecule has 0 amide bonds. The van der Waals surface area contributed by atoms with Crippen molar-refractivity contribution in [3.05, 3.63) is 48.5 Å². The van der Waals surface area contributed by atoms with Crippen LogP contribution < -0.4 is 10.1 Å². The van der Waals surface area contributed by atoms with Crippen LogP contribution in [0.1, 0.15) is 23.4 Å². The van der Waals surface area contributed by atoms with Crippen LogP contribution in [-0.2, 0) is 0 Å². The quantitative estimate of drug-likeness (QED) is 0.720. The summed E-state index contributed by atoms with van der Waals surface area (Å²) in [6.07, 6.45) is 0. The lowest BCUT2D eigenvalue weighted by atomic mass is 10.0. The van der Waals surface area contributed by atoms with Crippen LogP contribution in [0.4, 0.5) is 0 Å². The van der Waals surface area contributed by atoms with Crippen LogP contribution >= 0.6 is 50.5 Å². The van der Waals surface area contributed by atoms with E-state index in [1.54, 1.807) is 18.4 Å². The summed E-state index contributed by atoms with van der Waals surface area (Å²) >= 11 is 17.3. The number of hydrogen-bond donors (Lipinski definition) is 1. The molecule has 6 heteroatoms. The van der Waals surface area contributed by atoms with Gasteiger partial charge in [-0.05, 0) is 46.7 Å². The fourth-order valence-electron chi connectivity index (χ4n) is 2.06. The molecule has 1 aromatic heterocycles. The highest BCUT2D eigenvalue weighted by atomic mass is 79.9. The molecular weight excluding hydrogens is 381 g/mol. The maximum Gasteiger partial charge on any atom is 0.138 e. The Morgan fingerprint density at radius 3 is 2.65 bits per heavy atom. The van der Waals surface area contributed by atoms with Crippen LogP contribution in [0, 0.1) is 0 Å². The summed E-state index contributed by atoms with van der Waals surface area (Å²) in [7, 11) is 1.65. The fourth-order valence-corrected chi connectivity index (χ4v) is 4.21. The molecule has 0 saturated carbocycles. The SMILES string of the molecule is CCNC(c1ccc(Cl)s1)c1cc(Cl)cc(Br)c1OC. The molecule has 1 aromatic carbocycles. The maximum absolute atomic E-state index is 6.18. The largest absolute Gasteiger partial charge is 0.495 e. The lowest BCUT2D eigenvalue weighted by Crippen LogP contribution is -2.21. The van der Waals surface area contributed by atoms with Gasteiger partial charge in [0.15, 0.2) is 0 Å². The summed E-state index contributed by atoms with van der Waals surface area (Å²) in [5.41, 5.74) is 0.993. The van der Waals surface area contributed by atoms with E-state index in [-0.39, 0.29) is 6.04 Å². The van der Waals surface area contributed by atoms with Gasteiger partial charge < -0.3 is 10.1 Å². The Kier molecular flexibility index (Phi) is 5.75. The van der Waals surface area contributed by atoms with Crippen molar-refractivity contribution in [2.75, 3.05) is 13.7 Å². The lowest BCUT2D eigenvalue weighted by Gasteiger charge is -2.21. The van der Waals surface area contributed by atoms with Gasteiger partial charge in [0.05, 0.1) is 22.0 Å². The van der Waals surface area contributed by atoms with E-state index in [1.165, 1.54) is 0 Å². The van der Waals surface area contributed by atoms with Crippen molar-refractivity contribution in [3.8, 4) is 5.75 Å². The molecule has 2 nitrogen and oxygen atoms in total. The molecule has 0 bridgehead atoms. The molecule has 108 valence electrons. The van der Waals surface area contributed by atoms with Crippen LogP contribution in [0.25, 0.3) is 0 Å². The van der Waals surface area contributed by atoms with Gasteiger partial charge in [-0.1, -0.05) is 30.1 Å². The van der Waals surface area contributed by atoms with E-state index >= 15 is 0 Å². The van der Waals surface area contributed by atoms with Gasteiger partial charge in [-0.3, -0.25) is 0 Å². The first-order valence-electron chi connectivity index (χ1n) is 6.08. The van der Waals surface area contributed by atoms with Gasteiger partial charge in [0, 0.05) is 15.5 Å². The summed E-state index contributed by atoms with van der Waals surface area (Å²) in [5, 5.41) is 4.12. The maximum atomic E-state index is 6.18. The van der Waals surface area contributed by atoms with E-state index in [2.05, 4.69) is 28.2 Å². The minimum Gasteiger partial charge on any atom is -0.495 e. The highest BCUT2D eigenvalue weighted by Gasteiger charge is 2.21. The van der Waals surface area contributed by atoms with Crippen molar-refractivity contribution >= 4 is 50.5 Å². The molecule has 0 aliphatic rings. The third-order valence-corrected chi connectivity index (χ3v) is 4.94. The molecule has 0 spiro atoms. The minimum atomic E-state index is 0.00227. The summed E-state index contributed by atoms with van der Waals surface area (Å²) < 4.78 is 7.12. The monoisotopic (exact) mass is 393 g/mol.